The van der Waals surface area contributed by atoms with Gasteiger partial charge in [-0.2, -0.15) is 0 Å². The van der Waals surface area contributed by atoms with Crippen molar-refractivity contribution in [2.24, 2.45) is 5.41 Å². The van der Waals surface area contributed by atoms with Crippen LogP contribution in [0.2, 0.25) is 0 Å². The third kappa shape index (κ3) is 1.96. The van der Waals surface area contributed by atoms with Crippen LogP contribution in [0.1, 0.15) is 42.7 Å². The Balaban J connectivity index is 1.72. The molecule has 0 aromatic heterocycles. The molecule has 132 valence electrons. The summed E-state index contributed by atoms with van der Waals surface area (Å²) in [7, 11) is 0. The molecular formula is C22H21NO3. The minimum absolute atomic E-state index is 0.223. The largest absolute Gasteiger partial charge is 0.458 e. The number of benzene rings is 2. The van der Waals surface area contributed by atoms with Gasteiger partial charge in [0, 0.05) is 5.69 Å². The molecule has 4 heteroatoms. The molecule has 2 aromatic rings. The highest BCUT2D eigenvalue weighted by molar-refractivity contribution is 6.14. The Hall–Kier alpha value is -2.62. The molecule has 0 unspecified atom stereocenters. The van der Waals surface area contributed by atoms with E-state index in [0.717, 1.165) is 42.5 Å². The number of ether oxygens (including phenoxy) is 1. The van der Waals surface area contributed by atoms with E-state index in [1.807, 2.05) is 54.6 Å². The molecule has 26 heavy (non-hydrogen) atoms. The van der Waals surface area contributed by atoms with Crippen molar-refractivity contribution in [3.63, 3.8) is 0 Å². The highest BCUT2D eigenvalue weighted by Gasteiger charge is 2.70. The van der Waals surface area contributed by atoms with E-state index in [4.69, 9.17) is 4.74 Å². The summed E-state index contributed by atoms with van der Waals surface area (Å²) in [6.45, 7) is 0. The van der Waals surface area contributed by atoms with Crippen LogP contribution in [0.25, 0.3) is 0 Å². The maximum Gasteiger partial charge on any atom is 0.323 e. The van der Waals surface area contributed by atoms with Crippen LogP contribution in [0.15, 0.2) is 54.6 Å². The first-order valence-electron chi connectivity index (χ1n) is 9.33. The number of hydrogen-bond acceptors (Lipinski definition) is 3. The summed E-state index contributed by atoms with van der Waals surface area (Å²) in [4.78, 5) is 26.5. The van der Waals surface area contributed by atoms with Gasteiger partial charge >= 0.3 is 5.97 Å². The molecule has 2 fully saturated rings. The minimum Gasteiger partial charge on any atom is -0.458 e. The number of carbonyl (C=O) groups is 2. The first-order valence-corrected chi connectivity index (χ1v) is 9.33. The fourth-order valence-electron chi connectivity index (χ4n) is 5.31. The predicted octanol–water partition coefficient (Wildman–Crippen LogP) is 3.82. The lowest BCUT2D eigenvalue weighted by Gasteiger charge is -2.40. The zero-order chi connectivity index (χ0) is 17.8. The van der Waals surface area contributed by atoms with Gasteiger partial charge in [0.25, 0.3) is 0 Å². The third-order valence-corrected chi connectivity index (χ3v) is 6.38. The van der Waals surface area contributed by atoms with Gasteiger partial charge in [0.1, 0.15) is 5.60 Å². The van der Waals surface area contributed by atoms with E-state index in [-0.39, 0.29) is 17.8 Å². The van der Waals surface area contributed by atoms with Crippen LogP contribution >= 0.6 is 0 Å². The van der Waals surface area contributed by atoms with Crippen molar-refractivity contribution in [3.05, 3.63) is 65.7 Å². The van der Waals surface area contributed by atoms with E-state index in [1.54, 1.807) is 0 Å². The molecule has 1 spiro atoms. The molecule has 3 aliphatic rings. The molecule has 1 saturated heterocycles. The number of rotatable bonds is 2. The Kier molecular flexibility index (Phi) is 3.27. The summed E-state index contributed by atoms with van der Waals surface area (Å²) in [6.07, 6.45) is 4.12. The third-order valence-electron chi connectivity index (χ3n) is 6.38. The molecule has 1 amide bonds. The van der Waals surface area contributed by atoms with E-state index in [2.05, 4.69) is 5.32 Å². The molecule has 1 N–H and O–H groups in total. The summed E-state index contributed by atoms with van der Waals surface area (Å²) < 4.78 is 6.06. The van der Waals surface area contributed by atoms with Crippen LogP contribution in [0.5, 0.6) is 0 Å². The Morgan fingerprint density at radius 3 is 2.42 bits per heavy atom. The van der Waals surface area contributed by atoms with Crippen molar-refractivity contribution < 1.29 is 14.3 Å². The molecule has 2 heterocycles. The molecule has 0 bridgehead atoms. The number of para-hydroxylation sites is 1. The summed E-state index contributed by atoms with van der Waals surface area (Å²) in [5, 5.41) is 2.99. The van der Waals surface area contributed by atoms with E-state index < -0.39 is 11.0 Å². The molecule has 1 saturated carbocycles. The van der Waals surface area contributed by atoms with Gasteiger partial charge in [-0.1, -0.05) is 48.5 Å². The zero-order valence-corrected chi connectivity index (χ0v) is 14.5. The second kappa shape index (κ2) is 5.44. The smallest absolute Gasteiger partial charge is 0.323 e. The molecule has 2 atom stereocenters. The van der Waals surface area contributed by atoms with Crippen molar-refractivity contribution in [3.8, 4) is 0 Å². The number of esters is 1. The van der Waals surface area contributed by atoms with E-state index >= 15 is 0 Å². The second-order valence-corrected chi connectivity index (χ2v) is 7.77. The maximum absolute atomic E-state index is 13.3. The van der Waals surface area contributed by atoms with E-state index in [1.165, 1.54) is 0 Å². The number of anilines is 1. The van der Waals surface area contributed by atoms with Crippen LogP contribution < -0.4 is 5.32 Å². The van der Waals surface area contributed by atoms with Gasteiger partial charge < -0.3 is 10.1 Å². The first kappa shape index (κ1) is 15.6. The number of amides is 1. The van der Waals surface area contributed by atoms with Crippen molar-refractivity contribution in [2.45, 2.75) is 43.6 Å². The molecule has 4 nitrogen and oxygen atoms in total. The summed E-state index contributed by atoms with van der Waals surface area (Å²) >= 11 is 0. The summed E-state index contributed by atoms with van der Waals surface area (Å²) in [5.74, 6) is -0.811. The van der Waals surface area contributed by atoms with Crippen molar-refractivity contribution in [1.29, 1.82) is 0 Å². The van der Waals surface area contributed by atoms with Crippen LogP contribution in [-0.4, -0.2) is 17.5 Å². The SMILES string of the molecule is O=C1Nc2ccccc2[C@@H]2C3(CCCC3)OC(=O)[C@]12Cc1ccccc1. The van der Waals surface area contributed by atoms with E-state index in [9.17, 15) is 9.59 Å². The van der Waals surface area contributed by atoms with Gasteiger partial charge in [0.05, 0.1) is 5.92 Å². The number of hydrogen-bond donors (Lipinski definition) is 1. The van der Waals surface area contributed by atoms with Gasteiger partial charge in [-0.25, -0.2) is 0 Å². The number of fused-ring (bicyclic) bond motifs is 4. The molecule has 2 aliphatic heterocycles. The normalized spacial score (nSPS) is 28.4. The van der Waals surface area contributed by atoms with Crippen LogP contribution in [0.3, 0.4) is 0 Å². The topological polar surface area (TPSA) is 55.4 Å². The van der Waals surface area contributed by atoms with Gasteiger partial charge in [-0.3, -0.25) is 9.59 Å². The molecule has 1 aliphatic carbocycles. The monoisotopic (exact) mass is 347 g/mol. The fourth-order valence-corrected chi connectivity index (χ4v) is 5.31. The van der Waals surface area contributed by atoms with Crippen LogP contribution in [0, 0.1) is 5.41 Å². The van der Waals surface area contributed by atoms with Gasteiger partial charge in [0.2, 0.25) is 5.91 Å². The second-order valence-electron chi connectivity index (χ2n) is 7.77. The zero-order valence-electron chi connectivity index (χ0n) is 14.5. The Labute approximate surface area is 152 Å². The lowest BCUT2D eigenvalue weighted by molar-refractivity contribution is -0.156. The highest BCUT2D eigenvalue weighted by Crippen LogP contribution is 2.62. The Morgan fingerprint density at radius 1 is 0.962 bits per heavy atom. The molecule has 2 aromatic carbocycles. The van der Waals surface area contributed by atoms with E-state index in [0.29, 0.717) is 6.42 Å². The van der Waals surface area contributed by atoms with Gasteiger partial charge in [0.15, 0.2) is 5.41 Å². The van der Waals surface area contributed by atoms with Crippen LogP contribution in [-0.2, 0) is 20.7 Å². The molecule has 5 rings (SSSR count). The van der Waals surface area contributed by atoms with Crippen molar-refractivity contribution >= 4 is 17.6 Å². The van der Waals surface area contributed by atoms with Gasteiger partial charge in [-0.05, 0) is 49.3 Å². The van der Waals surface area contributed by atoms with Crippen molar-refractivity contribution in [2.75, 3.05) is 5.32 Å². The Bertz CT molecular complexity index is 885. The summed E-state index contributed by atoms with van der Waals surface area (Å²) in [5.41, 5.74) is 1.12. The predicted molar refractivity (Wildman–Crippen MR) is 97.7 cm³/mol. The Morgan fingerprint density at radius 2 is 1.65 bits per heavy atom. The quantitative estimate of drug-likeness (QED) is 0.664. The lowest BCUT2D eigenvalue weighted by atomic mass is 9.61. The lowest BCUT2D eigenvalue weighted by Crippen LogP contribution is -2.51. The number of nitrogens with one attached hydrogen (secondary N) is 1. The standard InChI is InChI=1S/C22H21NO3/c24-19-22(14-15-8-2-1-3-9-15)18(16-10-4-5-11-17(16)23-19)21(26-20(22)25)12-6-7-13-21/h1-5,8-11,18H,6-7,12-14H2,(H,23,24)/t18-,22+/m1/s1. The average molecular weight is 347 g/mol. The highest BCUT2D eigenvalue weighted by atomic mass is 16.6. The fraction of sp³-hybridized carbons (Fsp3) is 0.364. The summed E-state index contributed by atoms with van der Waals surface area (Å²) in [6, 6.07) is 17.7. The average Bonchev–Trinajstić information content (AvgIpc) is 3.20. The first-order chi connectivity index (χ1) is 12.7. The van der Waals surface area contributed by atoms with Crippen molar-refractivity contribution in [1.82, 2.24) is 0 Å². The van der Waals surface area contributed by atoms with Crippen LogP contribution in [0.4, 0.5) is 5.69 Å². The minimum atomic E-state index is -1.18. The maximum atomic E-state index is 13.3. The molecule has 0 radical (unpaired) electrons. The number of carbonyl (C=O) groups excluding carboxylic acids is 2. The molecular weight excluding hydrogens is 326 g/mol. The van der Waals surface area contributed by atoms with Gasteiger partial charge in [-0.15, -0.1) is 0 Å².